The van der Waals surface area contributed by atoms with Crippen LogP contribution >= 0.6 is 0 Å². The second-order valence-electron chi connectivity index (χ2n) is 7.77. The van der Waals surface area contributed by atoms with Crippen LogP contribution in [-0.2, 0) is 10.2 Å². The van der Waals surface area contributed by atoms with Crippen molar-refractivity contribution in [2.24, 2.45) is 5.92 Å². The highest BCUT2D eigenvalue weighted by molar-refractivity contribution is 6.04. The Labute approximate surface area is 161 Å². The number of anilines is 1. The normalized spacial score (nSPS) is 15.1. The summed E-state index contributed by atoms with van der Waals surface area (Å²) in [6, 6.07) is 16.9. The summed E-state index contributed by atoms with van der Waals surface area (Å²) in [6.45, 7) is 5.05. The largest absolute Gasteiger partial charge is 0.355 e. The quantitative estimate of drug-likeness (QED) is 0.759. The van der Waals surface area contributed by atoms with Crippen LogP contribution in [-0.4, -0.2) is 18.4 Å². The predicted molar refractivity (Wildman–Crippen MR) is 109 cm³/mol. The minimum atomic E-state index is -0.404. The third-order valence-corrected chi connectivity index (χ3v) is 5.38. The Morgan fingerprint density at radius 1 is 1.00 bits per heavy atom. The Bertz CT molecular complexity index is 778. The molecule has 0 atom stereocenters. The standard InChI is InChI=1S/C23H28N2O2/c1-17(2)13-16-24-22(27)23(14-6-15-23)19-9-11-20(12-10-19)25-21(26)18-7-4-3-5-8-18/h3-5,7-12,17H,6,13-16H2,1-2H3,(H,24,27)(H,25,26). The zero-order valence-electron chi connectivity index (χ0n) is 16.1. The maximum atomic E-state index is 12.8. The Morgan fingerprint density at radius 2 is 1.67 bits per heavy atom. The lowest BCUT2D eigenvalue weighted by molar-refractivity contribution is -0.129. The third-order valence-electron chi connectivity index (χ3n) is 5.38. The van der Waals surface area contributed by atoms with Crippen molar-refractivity contribution >= 4 is 17.5 Å². The first-order valence-corrected chi connectivity index (χ1v) is 9.76. The number of nitrogens with one attached hydrogen (secondary N) is 2. The lowest BCUT2D eigenvalue weighted by Gasteiger charge is -2.41. The second kappa shape index (κ2) is 8.38. The first-order valence-electron chi connectivity index (χ1n) is 9.76. The average Bonchev–Trinajstić information content (AvgIpc) is 2.62. The first-order chi connectivity index (χ1) is 13.0. The molecule has 0 heterocycles. The molecule has 2 amide bonds. The monoisotopic (exact) mass is 364 g/mol. The van der Waals surface area contributed by atoms with Gasteiger partial charge in [-0.05, 0) is 55.0 Å². The number of hydrogen-bond acceptors (Lipinski definition) is 2. The van der Waals surface area contributed by atoms with Crippen molar-refractivity contribution in [1.29, 1.82) is 0 Å². The molecule has 142 valence electrons. The first kappa shape index (κ1) is 19.2. The minimum Gasteiger partial charge on any atom is -0.355 e. The second-order valence-corrected chi connectivity index (χ2v) is 7.77. The molecule has 2 N–H and O–H groups in total. The van der Waals surface area contributed by atoms with Crippen LogP contribution in [0.25, 0.3) is 0 Å². The van der Waals surface area contributed by atoms with Gasteiger partial charge in [0.25, 0.3) is 5.91 Å². The molecule has 3 rings (SSSR count). The van der Waals surface area contributed by atoms with Crippen molar-refractivity contribution in [2.75, 3.05) is 11.9 Å². The Kier molecular flexibility index (Phi) is 5.94. The minimum absolute atomic E-state index is 0.131. The van der Waals surface area contributed by atoms with Gasteiger partial charge in [0.2, 0.25) is 5.91 Å². The van der Waals surface area contributed by atoms with Crippen LogP contribution in [0.15, 0.2) is 54.6 Å². The molecule has 1 fully saturated rings. The fraction of sp³-hybridized carbons (Fsp3) is 0.391. The van der Waals surface area contributed by atoms with Gasteiger partial charge in [-0.25, -0.2) is 0 Å². The van der Waals surface area contributed by atoms with Crippen LogP contribution in [0.1, 0.15) is 55.5 Å². The summed E-state index contributed by atoms with van der Waals surface area (Å²) in [4.78, 5) is 25.1. The van der Waals surface area contributed by atoms with Crippen molar-refractivity contribution in [3.63, 3.8) is 0 Å². The van der Waals surface area contributed by atoms with Crippen LogP contribution in [0.4, 0.5) is 5.69 Å². The summed E-state index contributed by atoms with van der Waals surface area (Å²) in [5.74, 6) is 0.582. The molecule has 0 saturated heterocycles. The summed E-state index contributed by atoms with van der Waals surface area (Å²) in [5.41, 5.74) is 2.00. The van der Waals surface area contributed by atoms with Gasteiger partial charge in [-0.1, -0.05) is 50.6 Å². The third kappa shape index (κ3) is 4.38. The maximum Gasteiger partial charge on any atom is 0.255 e. The molecule has 0 aliphatic heterocycles. The fourth-order valence-electron chi connectivity index (χ4n) is 3.49. The maximum absolute atomic E-state index is 12.8. The fourth-order valence-corrected chi connectivity index (χ4v) is 3.49. The molecule has 0 aromatic heterocycles. The average molecular weight is 364 g/mol. The van der Waals surface area contributed by atoms with Crippen molar-refractivity contribution < 1.29 is 9.59 Å². The Morgan fingerprint density at radius 3 is 2.22 bits per heavy atom. The van der Waals surface area contributed by atoms with Gasteiger partial charge in [0.1, 0.15) is 0 Å². The number of hydrogen-bond donors (Lipinski definition) is 2. The molecule has 27 heavy (non-hydrogen) atoms. The van der Waals surface area contributed by atoms with E-state index in [0.29, 0.717) is 11.5 Å². The Hall–Kier alpha value is -2.62. The zero-order valence-corrected chi connectivity index (χ0v) is 16.1. The Balaban J connectivity index is 1.66. The van der Waals surface area contributed by atoms with E-state index in [1.807, 2.05) is 42.5 Å². The summed E-state index contributed by atoms with van der Waals surface area (Å²) in [6.07, 6.45) is 3.84. The molecule has 2 aromatic carbocycles. The van der Waals surface area contributed by atoms with Gasteiger partial charge in [-0.15, -0.1) is 0 Å². The van der Waals surface area contributed by atoms with E-state index >= 15 is 0 Å². The number of carbonyl (C=O) groups is 2. The molecule has 0 unspecified atom stereocenters. The molecule has 4 heteroatoms. The molecule has 4 nitrogen and oxygen atoms in total. The van der Waals surface area contributed by atoms with Gasteiger partial charge in [0.05, 0.1) is 5.41 Å². The van der Waals surface area contributed by atoms with Crippen LogP contribution in [0, 0.1) is 5.92 Å². The zero-order chi connectivity index (χ0) is 19.3. The molecule has 1 aliphatic carbocycles. The molecule has 0 radical (unpaired) electrons. The van der Waals surface area contributed by atoms with Crippen molar-refractivity contribution in [2.45, 2.75) is 44.9 Å². The highest BCUT2D eigenvalue weighted by atomic mass is 16.2. The number of benzene rings is 2. The molecular formula is C23H28N2O2. The molecule has 2 aromatic rings. The van der Waals surface area contributed by atoms with Gasteiger partial charge in [0.15, 0.2) is 0 Å². The van der Waals surface area contributed by atoms with Gasteiger partial charge in [-0.2, -0.15) is 0 Å². The molecule has 1 aliphatic rings. The van der Waals surface area contributed by atoms with Gasteiger partial charge >= 0.3 is 0 Å². The van der Waals surface area contributed by atoms with Gasteiger partial charge in [0, 0.05) is 17.8 Å². The summed E-state index contributed by atoms with van der Waals surface area (Å²) in [5, 5.41) is 6.02. The van der Waals surface area contributed by atoms with E-state index in [0.717, 1.165) is 43.5 Å². The van der Waals surface area contributed by atoms with E-state index in [4.69, 9.17) is 0 Å². The molecular weight excluding hydrogens is 336 g/mol. The summed E-state index contributed by atoms with van der Waals surface area (Å²) < 4.78 is 0. The van der Waals surface area contributed by atoms with E-state index in [-0.39, 0.29) is 11.8 Å². The summed E-state index contributed by atoms with van der Waals surface area (Å²) in [7, 11) is 0. The van der Waals surface area contributed by atoms with Crippen molar-refractivity contribution in [1.82, 2.24) is 5.32 Å². The lowest BCUT2D eigenvalue weighted by Crippen LogP contribution is -2.49. The lowest BCUT2D eigenvalue weighted by atomic mass is 9.63. The summed E-state index contributed by atoms with van der Waals surface area (Å²) >= 11 is 0. The van der Waals surface area contributed by atoms with E-state index in [1.54, 1.807) is 12.1 Å². The van der Waals surface area contributed by atoms with Crippen LogP contribution in [0.5, 0.6) is 0 Å². The molecule has 1 saturated carbocycles. The smallest absolute Gasteiger partial charge is 0.255 e. The highest BCUT2D eigenvalue weighted by Crippen LogP contribution is 2.44. The number of rotatable bonds is 7. The van der Waals surface area contributed by atoms with Crippen molar-refractivity contribution in [3.8, 4) is 0 Å². The van der Waals surface area contributed by atoms with Crippen LogP contribution < -0.4 is 10.6 Å². The van der Waals surface area contributed by atoms with Crippen LogP contribution in [0.2, 0.25) is 0 Å². The SMILES string of the molecule is CC(C)CCNC(=O)C1(c2ccc(NC(=O)c3ccccc3)cc2)CCC1. The number of carbonyl (C=O) groups excluding carboxylic acids is 2. The van der Waals surface area contributed by atoms with Crippen molar-refractivity contribution in [3.05, 3.63) is 65.7 Å². The number of amides is 2. The van der Waals surface area contributed by atoms with E-state index in [9.17, 15) is 9.59 Å². The topological polar surface area (TPSA) is 58.2 Å². The molecule has 0 bridgehead atoms. The predicted octanol–water partition coefficient (Wildman–Crippen LogP) is 4.52. The van der Waals surface area contributed by atoms with Gasteiger partial charge < -0.3 is 10.6 Å². The highest BCUT2D eigenvalue weighted by Gasteiger charge is 2.45. The van der Waals surface area contributed by atoms with Gasteiger partial charge in [-0.3, -0.25) is 9.59 Å². The van der Waals surface area contributed by atoms with Crippen LogP contribution in [0.3, 0.4) is 0 Å². The van der Waals surface area contributed by atoms with E-state index in [2.05, 4.69) is 24.5 Å². The van der Waals surface area contributed by atoms with E-state index in [1.165, 1.54) is 0 Å². The molecule has 0 spiro atoms. The van der Waals surface area contributed by atoms with E-state index < -0.39 is 5.41 Å².